The van der Waals surface area contributed by atoms with Crippen LogP contribution in [-0.2, 0) is 26.2 Å². The van der Waals surface area contributed by atoms with Crippen molar-refractivity contribution < 1.29 is 18.0 Å². The van der Waals surface area contributed by atoms with Crippen molar-refractivity contribution in [2.75, 3.05) is 10.8 Å². The van der Waals surface area contributed by atoms with E-state index >= 15 is 0 Å². The summed E-state index contributed by atoms with van der Waals surface area (Å²) in [5, 5.41) is 4.19. The largest absolute Gasteiger partial charge is 0.352 e. The third kappa shape index (κ3) is 8.30. The van der Waals surface area contributed by atoms with Crippen molar-refractivity contribution in [1.29, 1.82) is 0 Å². The molecule has 0 radical (unpaired) electrons. The maximum absolute atomic E-state index is 14.1. The molecule has 0 bridgehead atoms. The summed E-state index contributed by atoms with van der Waals surface area (Å²) in [6.07, 6.45) is 0.950. The highest BCUT2D eigenvalue weighted by molar-refractivity contribution is 7.92. The summed E-state index contributed by atoms with van der Waals surface area (Å²) in [6, 6.07) is 15.7. The second kappa shape index (κ2) is 14.6. The molecular formula is C29H31Cl4N3O4S. The van der Waals surface area contributed by atoms with Crippen LogP contribution in [0.25, 0.3) is 0 Å². The zero-order valence-corrected chi connectivity index (χ0v) is 26.6. The van der Waals surface area contributed by atoms with Gasteiger partial charge in [-0.15, -0.1) is 0 Å². The maximum Gasteiger partial charge on any atom is 0.264 e. The SMILES string of the molecule is CC[C@@H](C)NC(=O)[C@H](CC)N(Cc1c(Cl)cccc1Cl)C(=O)CN(c1cccc(Cl)c1)S(=O)(=O)c1ccc(Cl)cc1. The molecule has 3 rings (SSSR count). The highest BCUT2D eigenvalue weighted by Gasteiger charge is 2.34. The van der Waals surface area contributed by atoms with Gasteiger partial charge in [-0.05, 0) is 74.4 Å². The van der Waals surface area contributed by atoms with Crippen LogP contribution in [0.15, 0.2) is 71.6 Å². The van der Waals surface area contributed by atoms with E-state index in [0.717, 1.165) is 4.31 Å². The van der Waals surface area contributed by atoms with Crippen LogP contribution in [0.5, 0.6) is 0 Å². The third-order valence-corrected chi connectivity index (χ3v) is 9.54. The quantitative estimate of drug-likeness (QED) is 0.223. The molecule has 2 atom stereocenters. The Morgan fingerprint density at radius 1 is 0.854 bits per heavy atom. The minimum atomic E-state index is -4.27. The first kappa shape index (κ1) is 33.0. The molecule has 0 heterocycles. The average Bonchev–Trinajstić information content (AvgIpc) is 2.93. The van der Waals surface area contributed by atoms with Gasteiger partial charge in [0.1, 0.15) is 12.6 Å². The molecule has 220 valence electrons. The number of halogens is 4. The second-order valence-corrected chi connectivity index (χ2v) is 13.0. The van der Waals surface area contributed by atoms with E-state index in [1.165, 1.54) is 41.3 Å². The first-order valence-electron chi connectivity index (χ1n) is 13.0. The molecule has 1 N–H and O–H groups in total. The number of nitrogens with one attached hydrogen (secondary N) is 1. The summed E-state index contributed by atoms with van der Waals surface area (Å²) in [5.41, 5.74) is 0.613. The Balaban J connectivity index is 2.10. The van der Waals surface area contributed by atoms with Gasteiger partial charge in [-0.3, -0.25) is 13.9 Å². The van der Waals surface area contributed by atoms with Crippen LogP contribution in [0.1, 0.15) is 39.2 Å². The van der Waals surface area contributed by atoms with Crippen LogP contribution >= 0.6 is 46.4 Å². The molecule has 0 aromatic heterocycles. The van der Waals surface area contributed by atoms with Gasteiger partial charge in [0.15, 0.2) is 0 Å². The molecule has 0 fully saturated rings. The van der Waals surface area contributed by atoms with Crippen molar-refractivity contribution in [1.82, 2.24) is 10.2 Å². The Bertz CT molecular complexity index is 1470. The zero-order chi connectivity index (χ0) is 30.3. The molecule has 0 aliphatic rings. The number of sulfonamides is 1. The van der Waals surface area contributed by atoms with Gasteiger partial charge in [0.2, 0.25) is 11.8 Å². The van der Waals surface area contributed by atoms with Gasteiger partial charge in [-0.25, -0.2) is 8.42 Å². The predicted molar refractivity (Wildman–Crippen MR) is 166 cm³/mol. The zero-order valence-electron chi connectivity index (χ0n) is 22.8. The summed E-state index contributed by atoms with van der Waals surface area (Å²) < 4.78 is 28.7. The van der Waals surface area contributed by atoms with Crippen LogP contribution in [0.3, 0.4) is 0 Å². The number of anilines is 1. The first-order valence-corrected chi connectivity index (χ1v) is 15.9. The standard InChI is InChI=1S/C29H31Cl4N3O4S/c1-4-19(3)34-29(38)27(5-2)35(17-24-25(32)10-7-11-26(24)33)28(37)18-36(22-9-6-8-21(31)16-22)41(39,40)23-14-12-20(30)13-15-23/h6-16,19,27H,4-5,17-18H2,1-3H3,(H,34,38)/t19-,27+/m1/s1. The summed E-state index contributed by atoms with van der Waals surface area (Å²) in [5.74, 6) is -1.00. The summed E-state index contributed by atoms with van der Waals surface area (Å²) in [6.45, 7) is 4.83. The molecule has 0 saturated carbocycles. The Morgan fingerprint density at radius 2 is 1.46 bits per heavy atom. The molecule has 0 aliphatic carbocycles. The molecule has 0 unspecified atom stereocenters. The lowest BCUT2D eigenvalue weighted by Gasteiger charge is -2.34. The fraction of sp³-hybridized carbons (Fsp3) is 0.310. The van der Waals surface area contributed by atoms with Crippen molar-refractivity contribution in [3.63, 3.8) is 0 Å². The summed E-state index contributed by atoms with van der Waals surface area (Å²) in [7, 11) is -4.27. The molecule has 7 nitrogen and oxygen atoms in total. The van der Waals surface area contributed by atoms with Gasteiger partial charge in [0.25, 0.3) is 10.0 Å². The summed E-state index contributed by atoms with van der Waals surface area (Å²) in [4.78, 5) is 28.7. The van der Waals surface area contributed by atoms with Crippen molar-refractivity contribution in [3.05, 3.63) is 92.4 Å². The minimum Gasteiger partial charge on any atom is -0.352 e. The number of amides is 2. The predicted octanol–water partition coefficient (Wildman–Crippen LogP) is 7.22. The van der Waals surface area contributed by atoms with Gasteiger partial charge < -0.3 is 10.2 Å². The van der Waals surface area contributed by atoms with Crippen molar-refractivity contribution in [2.24, 2.45) is 0 Å². The topological polar surface area (TPSA) is 86.8 Å². The molecular weight excluding hydrogens is 628 g/mol. The molecule has 12 heteroatoms. The first-order chi connectivity index (χ1) is 19.4. The van der Waals surface area contributed by atoms with Gasteiger partial charge in [-0.1, -0.05) is 72.4 Å². The van der Waals surface area contributed by atoms with Crippen molar-refractivity contribution in [3.8, 4) is 0 Å². The Hall–Kier alpha value is -2.49. The van der Waals surface area contributed by atoms with Gasteiger partial charge in [-0.2, -0.15) is 0 Å². The van der Waals surface area contributed by atoms with E-state index in [0.29, 0.717) is 27.1 Å². The van der Waals surface area contributed by atoms with Gasteiger partial charge in [0.05, 0.1) is 10.6 Å². The van der Waals surface area contributed by atoms with Crippen LogP contribution in [0.2, 0.25) is 20.1 Å². The Morgan fingerprint density at radius 3 is 2.02 bits per heavy atom. The average molecular weight is 659 g/mol. The van der Waals surface area contributed by atoms with Crippen LogP contribution in [0.4, 0.5) is 5.69 Å². The number of carbonyl (C=O) groups is 2. The van der Waals surface area contributed by atoms with Crippen LogP contribution in [0, 0.1) is 0 Å². The maximum atomic E-state index is 14.1. The van der Waals surface area contributed by atoms with Crippen molar-refractivity contribution in [2.45, 2.75) is 57.1 Å². The lowest BCUT2D eigenvalue weighted by Crippen LogP contribution is -2.53. The van der Waals surface area contributed by atoms with Crippen LogP contribution in [-0.4, -0.2) is 43.8 Å². The molecule has 2 amide bonds. The lowest BCUT2D eigenvalue weighted by atomic mass is 10.1. The van der Waals surface area contributed by atoms with E-state index in [2.05, 4.69) is 5.32 Å². The van der Waals surface area contributed by atoms with Gasteiger partial charge >= 0.3 is 0 Å². The van der Waals surface area contributed by atoms with Crippen LogP contribution < -0.4 is 9.62 Å². The normalized spacial score (nSPS) is 12.9. The molecule has 0 spiro atoms. The number of benzene rings is 3. The molecule has 41 heavy (non-hydrogen) atoms. The number of hydrogen-bond donors (Lipinski definition) is 1. The minimum absolute atomic E-state index is 0.0723. The number of nitrogens with zero attached hydrogens (tertiary/aromatic N) is 2. The second-order valence-electron chi connectivity index (χ2n) is 9.41. The highest BCUT2D eigenvalue weighted by Crippen LogP contribution is 2.30. The lowest BCUT2D eigenvalue weighted by molar-refractivity contribution is -0.140. The van der Waals surface area contributed by atoms with E-state index in [1.54, 1.807) is 37.3 Å². The van der Waals surface area contributed by atoms with E-state index in [9.17, 15) is 18.0 Å². The molecule has 3 aromatic carbocycles. The highest BCUT2D eigenvalue weighted by atomic mass is 35.5. The Labute approximate surface area is 261 Å². The summed E-state index contributed by atoms with van der Waals surface area (Å²) >= 11 is 25.1. The molecule has 0 aliphatic heterocycles. The monoisotopic (exact) mass is 657 g/mol. The number of hydrogen-bond acceptors (Lipinski definition) is 4. The van der Waals surface area contributed by atoms with E-state index in [4.69, 9.17) is 46.4 Å². The Kier molecular flexibility index (Phi) is 11.8. The number of carbonyl (C=O) groups excluding carboxylic acids is 2. The third-order valence-electron chi connectivity index (χ3n) is 6.55. The van der Waals surface area contributed by atoms with E-state index in [1.807, 2.05) is 13.8 Å². The molecule has 3 aromatic rings. The fourth-order valence-electron chi connectivity index (χ4n) is 4.11. The fourth-order valence-corrected chi connectivity index (χ4v) is 6.34. The van der Waals surface area contributed by atoms with E-state index < -0.39 is 28.5 Å². The molecule has 0 saturated heterocycles. The van der Waals surface area contributed by atoms with Crippen molar-refractivity contribution >= 4 is 73.9 Å². The van der Waals surface area contributed by atoms with Gasteiger partial charge in [0, 0.05) is 38.2 Å². The number of rotatable bonds is 12. The smallest absolute Gasteiger partial charge is 0.264 e. The van der Waals surface area contributed by atoms with E-state index in [-0.39, 0.29) is 40.5 Å².